The topological polar surface area (TPSA) is 42.0 Å². The van der Waals surface area contributed by atoms with Gasteiger partial charge in [0.1, 0.15) is 5.82 Å². The molecule has 3 heterocycles. The molecule has 6 heteroatoms. The lowest BCUT2D eigenvalue weighted by atomic mass is 10.2. The van der Waals surface area contributed by atoms with Gasteiger partial charge in [-0.25, -0.2) is 4.39 Å². The quantitative estimate of drug-likeness (QED) is 0.545. The molecule has 0 saturated heterocycles. The minimum atomic E-state index is -0.296. The highest BCUT2D eigenvalue weighted by atomic mass is 32.1. The van der Waals surface area contributed by atoms with Crippen molar-refractivity contribution in [3.63, 3.8) is 0 Å². The molecular formula is C19H13FN2OS2. The Balaban J connectivity index is 1.48. The Labute approximate surface area is 151 Å². The molecule has 0 fully saturated rings. The summed E-state index contributed by atoms with van der Waals surface area (Å²) in [5.41, 5.74) is 1.89. The zero-order valence-electron chi connectivity index (χ0n) is 13.0. The highest BCUT2D eigenvalue weighted by Crippen LogP contribution is 2.26. The summed E-state index contributed by atoms with van der Waals surface area (Å²) in [5.74, 6) is -0.453. The number of amides is 1. The number of nitrogens with zero attached hydrogens (tertiary/aromatic N) is 1. The average molecular weight is 368 g/mol. The SMILES string of the molecule is O=C(NCc1ccnc(-c2cccs2)c1)c1cc2cc(F)ccc2s1. The molecule has 0 aliphatic heterocycles. The van der Waals surface area contributed by atoms with Gasteiger partial charge in [-0.15, -0.1) is 22.7 Å². The standard InChI is InChI=1S/C19H13FN2OS2/c20-14-3-4-16-13(9-14)10-18(25-16)19(23)22-11-12-5-6-21-15(8-12)17-2-1-7-24-17/h1-10H,11H2,(H,22,23). The van der Waals surface area contributed by atoms with E-state index in [-0.39, 0.29) is 11.7 Å². The first kappa shape index (κ1) is 15.9. The molecule has 1 N–H and O–H groups in total. The lowest BCUT2D eigenvalue weighted by Crippen LogP contribution is -2.21. The van der Waals surface area contributed by atoms with Crippen LogP contribution in [0.5, 0.6) is 0 Å². The monoisotopic (exact) mass is 368 g/mol. The molecule has 0 unspecified atom stereocenters. The molecule has 1 aromatic carbocycles. The maximum atomic E-state index is 13.3. The summed E-state index contributed by atoms with van der Waals surface area (Å²) in [6.07, 6.45) is 1.75. The molecule has 4 rings (SSSR count). The molecule has 0 saturated carbocycles. The minimum absolute atomic E-state index is 0.156. The number of carbonyl (C=O) groups excluding carboxylic acids is 1. The van der Waals surface area contributed by atoms with E-state index in [9.17, 15) is 9.18 Å². The number of rotatable bonds is 4. The van der Waals surface area contributed by atoms with Crippen LogP contribution in [0.25, 0.3) is 20.7 Å². The van der Waals surface area contributed by atoms with E-state index in [1.165, 1.54) is 23.5 Å². The Morgan fingerprint density at radius 1 is 1.16 bits per heavy atom. The fraction of sp³-hybridized carbons (Fsp3) is 0.0526. The zero-order chi connectivity index (χ0) is 17.2. The van der Waals surface area contributed by atoms with Crippen LogP contribution < -0.4 is 5.32 Å². The number of benzene rings is 1. The van der Waals surface area contributed by atoms with Gasteiger partial charge in [-0.2, -0.15) is 0 Å². The van der Waals surface area contributed by atoms with Gasteiger partial charge in [0.2, 0.25) is 0 Å². The lowest BCUT2D eigenvalue weighted by Gasteiger charge is -2.05. The molecule has 0 spiro atoms. The van der Waals surface area contributed by atoms with E-state index in [1.54, 1.807) is 29.7 Å². The summed E-state index contributed by atoms with van der Waals surface area (Å²) >= 11 is 2.99. The first-order valence-electron chi connectivity index (χ1n) is 7.65. The second-order valence-corrected chi connectivity index (χ2v) is 7.53. The molecule has 0 aliphatic rings. The van der Waals surface area contributed by atoms with Gasteiger partial charge in [-0.05, 0) is 58.8 Å². The van der Waals surface area contributed by atoms with Crippen molar-refractivity contribution in [3.05, 3.63) is 76.4 Å². The summed E-state index contributed by atoms with van der Waals surface area (Å²) in [6, 6.07) is 14.1. The fourth-order valence-corrected chi connectivity index (χ4v) is 4.19. The van der Waals surface area contributed by atoms with Gasteiger partial charge in [0, 0.05) is 17.4 Å². The highest BCUT2D eigenvalue weighted by molar-refractivity contribution is 7.20. The molecule has 4 aromatic rings. The largest absolute Gasteiger partial charge is 0.347 e. The third kappa shape index (κ3) is 3.45. The summed E-state index contributed by atoms with van der Waals surface area (Å²) in [7, 11) is 0. The molecule has 1 amide bonds. The third-order valence-electron chi connectivity index (χ3n) is 3.75. The first-order chi connectivity index (χ1) is 12.2. The number of aromatic nitrogens is 1. The Kier molecular flexibility index (Phi) is 4.29. The van der Waals surface area contributed by atoms with E-state index in [0.717, 1.165) is 26.2 Å². The number of hydrogen-bond acceptors (Lipinski definition) is 4. The van der Waals surface area contributed by atoms with E-state index in [2.05, 4.69) is 10.3 Å². The Bertz CT molecular complexity index is 1040. The van der Waals surface area contributed by atoms with Crippen molar-refractivity contribution in [3.8, 4) is 10.6 Å². The molecular weight excluding hydrogens is 355 g/mol. The maximum Gasteiger partial charge on any atom is 0.261 e. The number of halogens is 1. The smallest absolute Gasteiger partial charge is 0.261 e. The van der Waals surface area contributed by atoms with Crippen LogP contribution in [0.4, 0.5) is 4.39 Å². The van der Waals surface area contributed by atoms with Gasteiger partial charge >= 0.3 is 0 Å². The van der Waals surface area contributed by atoms with Crippen molar-refractivity contribution < 1.29 is 9.18 Å². The number of pyridine rings is 1. The van der Waals surface area contributed by atoms with Crippen molar-refractivity contribution in [2.24, 2.45) is 0 Å². The summed E-state index contributed by atoms with van der Waals surface area (Å²) in [6.45, 7) is 0.419. The second kappa shape index (κ2) is 6.74. The van der Waals surface area contributed by atoms with Crippen molar-refractivity contribution in [2.45, 2.75) is 6.54 Å². The van der Waals surface area contributed by atoms with E-state index < -0.39 is 0 Å². The second-order valence-electron chi connectivity index (χ2n) is 5.50. The number of hydrogen-bond donors (Lipinski definition) is 1. The Morgan fingerprint density at radius 3 is 2.92 bits per heavy atom. The number of fused-ring (bicyclic) bond motifs is 1. The maximum absolute atomic E-state index is 13.3. The predicted molar refractivity (Wildman–Crippen MR) is 101 cm³/mol. The van der Waals surface area contributed by atoms with Gasteiger partial charge in [-0.1, -0.05) is 6.07 Å². The molecule has 0 aliphatic carbocycles. The van der Waals surface area contributed by atoms with Gasteiger partial charge < -0.3 is 5.32 Å². The Hall–Kier alpha value is -2.57. The van der Waals surface area contributed by atoms with E-state index in [0.29, 0.717) is 11.4 Å². The van der Waals surface area contributed by atoms with Crippen molar-refractivity contribution in [2.75, 3.05) is 0 Å². The van der Waals surface area contributed by atoms with Crippen molar-refractivity contribution in [1.82, 2.24) is 10.3 Å². The van der Waals surface area contributed by atoms with Crippen LogP contribution in [0.3, 0.4) is 0 Å². The zero-order valence-corrected chi connectivity index (χ0v) is 14.7. The predicted octanol–water partition coefficient (Wildman–Crippen LogP) is 5.09. The third-order valence-corrected chi connectivity index (χ3v) is 5.76. The molecule has 0 radical (unpaired) electrons. The number of nitrogens with one attached hydrogen (secondary N) is 1. The summed E-state index contributed by atoms with van der Waals surface area (Å²) < 4.78 is 14.2. The van der Waals surface area contributed by atoms with E-state index in [1.807, 2.05) is 29.6 Å². The van der Waals surface area contributed by atoms with Gasteiger partial charge in [0.05, 0.1) is 15.4 Å². The van der Waals surface area contributed by atoms with Gasteiger partial charge in [0.15, 0.2) is 0 Å². The van der Waals surface area contributed by atoms with E-state index in [4.69, 9.17) is 0 Å². The molecule has 25 heavy (non-hydrogen) atoms. The van der Waals surface area contributed by atoms with Crippen LogP contribution in [-0.2, 0) is 6.54 Å². The molecule has 3 aromatic heterocycles. The highest BCUT2D eigenvalue weighted by Gasteiger charge is 2.11. The van der Waals surface area contributed by atoms with Crippen LogP contribution >= 0.6 is 22.7 Å². The van der Waals surface area contributed by atoms with Crippen molar-refractivity contribution >= 4 is 38.7 Å². The normalized spacial score (nSPS) is 10.9. The molecule has 0 bridgehead atoms. The fourth-order valence-electron chi connectivity index (χ4n) is 2.54. The van der Waals surface area contributed by atoms with Crippen LogP contribution in [0.2, 0.25) is 0 Å². The van der Waals surface area contributed by atoms with Gasteiger partial charge in [0.25, 0.3) is 5.91 Å². The Morgan fingerprint density at radius 2 is 2.08 bits per heavy atom. The molecule has 0 atom stereocenters. The minimum Gasteiger partial charge on any atom is -0.347 e. The molecule has 3 nitrogen and oxygen atoms in total. The van der Waals surface area contributed by atoms with Crippen LogP contribution in [0.1, 0.15) is 15.2 Å². The van der Waals surface area contributed by atoms with Crippen LogP contribution in [-0.4, -0.2) is 10.9 Å². The summed E-state index contributed by atoms with van der Waals surface area (Å²) in [5, 5.41) is 5.68. The van der Waals surface area contributed by atoms with Crippen molar-refractivity contribution in [1.29, 1.82) is 0 Å². The first-order valence-corrected chi connectivity index (χ1v) is 9.35. The summed E-state index contributed by atoms with van der Waals surface area (Å²) in [4.78, 5) is 18.4. The van der Waals surface area contributed by atoms with Crippen LogP contribution in [0, 0.1) is 5.82 Å². The van der Waals surface area contributed by atoms with Crippen LogP contribution in [0.15, 0.2) is 60.1 Å². The number of carbonyl (C=O) groups is 1. The number of thiophene rings is 2. The van der Waals surface area contributed by atoms with E-state index >= 15 is 0 Å². The lowest BCUT2D eigenvalue weighted by molar-refractivity contribution is 0.0955. The average Bonchev–Trinajstić information content (AvgIpc) is 3.29. The van der Waals surface area contributed by atoms with Gasteiger partial charge in [-0.3, -0.25) is 9.78 Å². The molecule has 124 valence electrons.